The zero-order valence-electron chi connectivity index (χ0n) is 26.4. The summed E-state index contributed by atoms with van der Waals surface area (Å²) < 4.78 is 13.3. The van der Waals surface area contributed by atoms with Gasteiger partial charge in [-0.2, -0.15) is 0 Å². The predicted octanol–water partition coefficient (Wildman–Crippen LogP) is 4.45. The van der Waals surface area contributed by atoms with Gasteiger partial charge in [-0.05, 0) is 49.3 Å². The molecule has 246 valence electrons. The van der Waals surface area contributed by atoms with Crippen LogP contribution in [0.15, 0.2) is 46.1 Å². The Kier molecular flexibility index (Phi) is 8.58. The average molecular weight is 659 g/mol. The van der Waals surface area contributed by atoms with E-state index in [4.69, 9.17) is 14.1 Å². The zero-order chi connectivity index (χ0) is 32.7. The highest BCUT2D eigenvalue weighted by atomic mass is 32.1. The number of piperazine rings is 1. The van der Waals surface area contributed by atoms with Gasteiger partial charge in [0.2, 0.25) is 11.3 Å². The summed E-state index contributed by atoms with van der Waals surface area (Å²) in [6.07, 6.45) is 8.73. The molecule has 5 heterocycles. The van der Waals surface area contributed by atoms with E-state index >= 15 is 0 Å². The van der Waals surface area contributed by atoms with Crippen molar-refractivity contribution in [2.24, 2.45) is 5.92 Å². The third-order valence-electron chi connectivity index (χ3n) is 9.20. The lowest BCUT2D eigenvalue weighted by molar-refractivity contribution is -0.121. The summed E-state index contributed by atoms with van der Waals surface area (Å²) in [6.45, 7) is 8.59. The number of rotatable bonds is 10. The molecule has 2 aliphatic heterocycles. The Morgan fingerprint density at radius 2 is 2.00 bits per heavy atom. The van der Waals surface area contributed by atoms with E-state index < -0.39 is 0 Å². The minimum atomic E-state index is -0.358. The Morgan fingerprint density at radius 3 is 2.72 bits per heavy atom. The number of aromatic hydroxyl groups is 1. The summed E-state index contributed by atoms with van der Waals surface area (Å²) in [4.78, 5) is 54.0. The number of ether oxygens (including phenoxy) is 1. The lowest BCUT2D eigenvalue weighted by Gasteiger charge is -2.37. The number of phenolic OH excluding ortho intramolecular Hbond substituents is 1. The fourth-order valence-corrected chi connectivity index (χ4v) is 7.57. The van der Waals surface area contributed by atoms with E-state index in [1.54, 1.807) is 11.0 Å². The molecule has 1 aromatic carbocycles. The van der Waals surface area contributed by atoms with Gasteiger partial charge in [-0.3, -0.25) is 14.4 Å². The third-order valence-corrected chi connectivity index (χ3v) is 10.3. The Balaban J connectivity index is 1.20. The van der Waals surface area contributed by atoms with E-state index in [2.05, 4.69) is 16.9 Å². The van der Waals surface area contributed by atoms with Gasteiger partial charge >= 0.3 is 0 Å². The Bertz CT molecular complexity index is 1960. The van der Waals surface area contributed by atoms with Gasteiger partial charge in [0.05, 0.1) is 13.2 Å². The number of carbonyl (C=O) groups is 2. The second kappa shape index (κ2) is 13.0. The lowest BCUT2D eigenvalue weighted by atomic mass is 10.1. The monoisotopic (exact) mass is 658 g/mol. The van der Waals surface area contributed by atoms with Crippen molar-refractivity contribution in [3.63, 3.8) is 0 Å². The van der Waals surface area contributed by atoms with Gasteiger partial charge in [-0.15, -0.1) is 11.3 Å². The van der Waals surface area contributed by atoms with Crippen LogP contribution in [0.2, 0.25) is 0 Å². The van der Waals surface area contributed by atoms with E-state index in [0.717, 1.165) is 35.0 Å². The molecule has 0 spiro atoms. The van der Waals surface area contributed by atoms with E-state index in [9.17, 15) is 19.5 Å². The Labute approximate surface area is 275 Å². The van der Waals surface area contributed by atoms with Crippen LogP contribution >= 0.6 is 11.3 Å². The molecule has 0 unspecified atom stereocenters. The normalized spacial score (nSPS) is 16.9. The molecule has 3 aliphatic rings. The van der Waals surface area contributed by atoms with Crippen molar-refractivity contribution in [3.05, 3.63) is 63.4 Å². The van der Waals surface area contributed by atoms with Gasteiger partial charge < -0.3 is 33.9 Å². The van der Waals surface area contributed by atoms with Crippen molar-refractivity contribution in [3.8, 4) is 5.75 Å². The van der Waals surface area contributed by atoms with Crippen molar-refractivity contribution in [1.29, 1.82) is 0 Å². The summed E-state index contributed by atoms with van der Waals surface area (Å²) in [5.74, 6) is 0.00990. The maximum Gasteiger partial charge on any atom is 0.261 e. The number of oxazole rings is 1. The number of phenols is 1. The topological polar surface area (TPSA) is 143 Å². The van der Waals surface area contributed by atoms with Crippen molar-refractivity contribution in [1.82, 2.24) is 24.8 Å². The van der Waals surface area contributed by atoms with Gasteiger partial charge in [-0.25, -0.2) is 9.97 Å². The lowest BCUT2D eigenvalue weighted by Crippen LogP contribution is -2.50. The molecule has 13 heteroatoms. The van der Waals surface area contributed by atoms with E-state index in [1.807, 2.05) is 22.5 Å². The van der Waals surface area contributed by atoms with Gasteiger partial charge in [0.15, 0.2) is 17.6 Å². The van der Waals surface area contributed by atoms with Crippen molar-refractivity contribution < 1.29 is 23.8 Å². The first kappa shape index (κ1) is 31.1. The standard InChI is InChI=1S/C34H38N6O6S/c1-3-24-28(38-12-14-39(15-13-38)34(44)27-25(41)9-8-23-30(27)46-19-35-23)29(43)31-32(37-33(47-31)22-10-16-45-17-11-22)40(24)18-26(42)36-20(2)4-5-21-6-7-21/h8-10,19,21,41H,2-7,11-18H2,1H3,(H,36,42). The summed E-state index contributed by atoms with van der Waals surface area (Å²) in [5, 5.41) is 14.3. The predicted molar refractivity (Wildman–Crippen MR) is 180 cm³/mol. The summed E-state index contributed by atoms with van der Waals surface area (Å²) in [5.41, 5.74) is 4.20. The first-order valence-electron chi connectivity index (χ1n) is 16.2. The average Bonchev–Trinajstić information content (AvgIpc) is 3.60. The molecule has 3 aromatic heterocycles. The number of anilines is 1. The molecule has 0 atom stereocenters. The number of allylic oxidation sites excluding steroid dienone is 1. The SMILES string of the molecule is C=C(CCC1CC1)NC(=O)Cn1c(CC)c(N2CCN(C(=O)c3c(O)ccc4ncoc34)CC2)c(=O)c2sc(C3=CCOCC3)nc21. The molecule has 1 aliphatic carbocycles. The third kappa shape index (κ3) is 6.17. The number of nitrogens with one attached hydrogen (secondary N) is 1. The molecule has 12 nitrogen and oxygen atoms in total. The molecule has 2 fully saturated rings. The molecule has 47 heavy (non-hydrogen) atoms. The van der Waals surface area contributed by atoms with Crippen LogP contribution in [-0.2, 0) is 22.5 Å². The maximum absolute atomic E-state index is 14.3. The summed E-state index contributed by atoms with van der Waals surface area (Å²) >= 11 is 1.35. The first-order valence-corrected chi connectivity index (χ1v) is 17.0. The van der Waals surface area contributed by atoms with Crippen molar-refractivity contribution >= 4 is 55.9 Å². The highest BCUT2D eigenvalue weighted by Gasteiger charge is 2.31. The smallest absolute Gasteiger partial charge is 0.261 e. The highest BCUT2D eigenvalue weighted by Crippen LogP contribution is 2.35. The summed E-state index contributed by atoms with van der Waals surface area (Å²) in [6, 6.07) is 3.04. The number of benzene rings is 1. The number of thiazole rings is 1. The second-order valence-electron chi connectivity index (χ2n) is 12.4. The molecule has 1 saturated heterocycles. The Hall–Kier alpha value is -4.49. The molecule has 2 amide bonds. The minimum Gasteiger partial charge on any atom is -0.507 e. The molecular formula is C34H38N6O6S. The fourth-order valence-electron chi connectivity index (χ4n) is 6.49. The molecule has 4 aromatic rings. The number of hydrogen-bond acceptors (Lipinski definition) is 10. The number of amides is 2. The van der Waals surface area contributed by atoms with E-state index in [-0.39, 0.29) is 40.7 Å². The number of nitrogens with zero attached hydrogens (tertiary/aromatic N) is 5. The van der Waals surface area contributed by atoms with Crippen LogP contribution in [0.5, 0.6) is 5.75 Å². The number of pyridine rings is 1. The van der Waals surface area contributed by atoms with Gasteiger partial charge in [0, 0.05) is 37.6 Å². The van der Waals surface area contributed by atoms with Crippen LogP contribution in [0.4, 0.5) is 5.69 Å². The summed E-state index contributed by atoms with van der Waals surface area (Å²) in [7, 11) is 0. The zero-order valence-corrected chi connectivity index (χ0v) is 27.2. The van der Waals surface area contributed by atoms with Crippen molar-refractivity contribution in [2.45, 2.75) is 52.0 Å². The van der Waals surface area contributed by atoms with Crippen molar-refractivity contribution in [2.75, 3.05) is 44.3 Å². The molecule has 0 radical (unpaired) electrons. The first-order chi connectivity index (χ1) is 22.8. The Morgan fingerprint density at radius 1 is 1.19 bits per heavy atom. The number of aromatic nitrogens is 3. The second-order valence-corrected chi connectivity index (χ2v) is 13.4. The van der Waals surface area contributed by atoms with Crippen LogP contribution < -0.4 is 15.6 Å². The molecular weight excluding hydrogens is 620 g/mol. The fraction of sp³-hybridized carbons (Fsp3) is 0.441. The van der Waals surface area contributed by atoms with Gasteiger partial charge in [0.1, 0.15) is 38.8 Å². The number of hydrogen-bond donors (Lipinski definition) is 2. The largest absolute Gasteiger partial charge is 0.507 e. The van der Waals surface area contributed by atoms with Crippen LogP contribution in [-0.4, -0.2) is 75.7 Å². The van der Waals surface area contributed by atoms with Crippen LogP contribution in [0.25, 0.3) is 27.0 Å². The molecule has 1 saturated carbocycles. The highest BCUT2D eigenvalue weighted by molar-refractivity contribution is 7.19. The van der Waals surface area contributed by atoms with Gasteiger partial charge in [0.25, 0.3) is 5.91 Å². The van der Waals surface area contributed by atoms with Crippen LogP contribution in [0, 0.1) is 5.92 Å². The quantitative estimate of drug-likeness (QED) is 0.253. The van der Waals surface area contributed by atoms with Crippen LogP contribution in [0.3, 0.4) is 0 Å². The number of carbonyl (C=O) groups excluding carboxylic acids is 2. The van der Waals surface area contributed by atoms with E-state index in [0.29, 0.717) is 79.5 Å². The van der Waals surface area contributed by atoms with Crippen LogP contribution in [0.1, 0.15) is 60.1 Å². The number of fused-ring (bicyclic) bond motifs is 2. The molecule has 7 rings (SSSR count). The minimum absolute atomic E-state index is 0.000347. The maximum atomic E-state index is 14.3. The molecule has 0 bridgehead atoms. The van der Waals surface area contributed by atoms with E-state index in [1.165, 1.54) is 36.6 Å². The molecule has 2 N–H and O–H groups in total. The van der Waals surface area contributed by atoms with Gasteiger partial charge in [-0.1, -0.05) is 32.4 Å².